The fourth-order valence-corrected chi connectivity index (χ4v) is 2.19. The van der Waals surface area contributed by atoms with E-state index in [0.717, 1.165) is 5.56 Å². The first kappa shape index (κ1) is 15.3. The number of non-ortho nitro benzene ring substituents is 1. The Bertz CT molecular complexity index is 897. The summed E-state index contributed by atoms with van der Waals surface area (Å²) in [5.74, 6) is -0.376. The molecule has 24 heavy (non-hydrogen) atoms. The summed E-state index contributed by atoms with van der Waals surface area (Å²) < 4.78 is 0. The monoisotopic (exact) mass is 320 g/mol. The zero-order valence-electron chi connectivity index (χ0n) is 12.4. The number of carbonyl (C=O) groups excluding carboxylic acids is 1. The van der Waals surface area contributed by atoms with Crippen LogP contribution < -0.4 is 5.32 Å². The number of nitro groups is 1. The Balaban J connectivity index is 1.86. The molecular weight excluding hydrogens is 308 g/mol. The van der Waals surface area contributed by atoms with E-state index in [4.69, 9.17) is 0 Å². The standard InChI is InChI=1S/C17H12N4O3/c22-17(16-11-18-7-8-19-16)20-14-5-1-3-12(9-14)13-4-2-6-15(10-13)21(23)24/h1-11H,(H,20,22). The highest BCUT2D eigenvalue weighted by Gasteiger charge is 2.10. The average Bonchev–Trinajstić information content (AvgIpc) is 2.63. The van der Waals surface area contributed by atoms with E-state index in [1.165, 1.54) is 30.7 Å². The maximum Gasteiger partial charge on any atom is 0.275 e. The molecule has 0 atom stereocenters. The Morgan fingerprint density at radius 3 is 2.50 bits per heavy atom. The van der Waals surface area contributed by atoms with Crippen LogP contribution in [-0.2, 0) is 0 Å². The number of anilines is 1. The second-order valence-electron chi connectivity index (χ2n) is 4.93. The number of rotatable bonds is 4. The molecule has 7 heteroatoms. The van der Waals surface area contributed by atoms with Crippen molar-refractivity contribution >= 4 is 17.3 Å². The van der Waals surface area contributed by atoms with Crippen molar-refractivity contribution in [2.75, 3.05) is 5.32 Å². The fraction of sp³-hybridized carbons (Fsp3) is 0. The fourth-order valence-electron chi connectivity index (χ4n) is 2.19. The van der Waals surface area contributed by atoms with Crippen molar-refractivity contribution in [2.24, 2.45) is 0 Å². The molecule has 3 rings (SSSR count). The molecule has 1 aromatic heterocycles. The lowest BCUT2D eigenvalue weighted by molar-refractivity contribution is -0.384. The summed E-state index contributed by atoms with van der Waals surface area (Å²) >= 11 is 0. The first-order valence-electron chi connectivity index (χ1n) is 7.06. The van der Waals surface area contributed by atoms with Gasteiger partial charge >= 0.3 is 0 Å². The molecule has 0 aliphatic rings. The summed E-state index contributed by atoms with van der Waals surface area (Å²) in [6.07, 6.45) is 4.30. The van der Waals surface area contributed by atoms with Gasteiger partial charge in [-0.25, -0.2) is 4.98 Å². The molecule has 7 nitrogen and oxygen atoms in total. The van der Waals surface area contributed by atoms with Crippen LogP contribution in [-0.4, -0.2) is 20.8 Å². The van der Waals surface area contributed by atoms with Crippen molar-refractivity contribution in [2.45, 2.75) is 0 Å². The third-order valence-electron chi connectivity index (χ3n) is 3.31. The van der Waals surface area contributed by atoms with Gasteiger partial charge in [0.05, 0.1) is 11.1 Å². The highest BCUT2D eigenvalue weighted by atomic mass is 16.6. The van der Waals surface area contributed by atoms with Gasteiger partial charge in [0.15, 0.2) is 0 Å². The molecule has 118 valence electrons. The molecule has 1 amide bonds. The number of hydrogen-bond donors (Lipinski definition) is 1. The second kappa shape index (κ2) is 6.66. The van der Waals surface area contributed by atoms with Gasteiger partial charge in [0.25, 0.3) is 11.6 Å². The van der Waals surface area contributed by atoms with E-state index in [-0.39, 0.29) is 17.3 Å². The lowest BCUT2D eigenvalue weighted by atomic mass is 10.0. The van der Waals surface area contributed by atoms with Crippen LogP contribution in [0.2, 0.25) is 0 Å². The van der Waals surface area contributed by atoms with E-state index < -0.39 is 4.92 Å². The van der Waals surface area contributed by atoms with Crippen LogP contribution >= 0.6 is 0 Å². The number of aromatic nitrogens is 2. The molecule has 0 aliphatic carbocycles. The Hall–Kier alpha value is -3.61. The highest BCUT2D eigenvalue weighted by molar-refractivity contribution is 6.02. The van der Waals surface area contributed by atoms with Crippen LogP contribution in [0.15, 0.2) is 67.1 Å². The van der Waals surface area contributed by atoms with Crippen LogP contribution in [0.4, 0.5) is 11.4 Å². The van der Waals surface area contributed by atoms with Gasteiger partial charge in [-0.15, -0.1) is 0 Å². The zero-order chi connectivity index (χ0) is 16.9. The van der Waals surface area contributed by atoms with Crippen LogP contribution in [0.25, 0.3) is 11.1 Å². The summed E-state index contributed by atoms with van der Waals surface area (Å²) in [7, 11) is 0. The Labute approximate surface area is 137 Å². The molecule has 0 bridgehead atoms. The molecule has 0 aliphatic heterocycles. The van der Waals surface area contributed by atoms with Gasteiger partial charge in [-0.3, -0.25) is 19.9 Å². The molecule has 1 heterocycles. The van der Waals surface area contributed by atoms with E-state index in [1.807, 2.05) is 6.07 Å². The Morgan fingerprint density at radius 2 is 1.79 bits per heavy atom. The molecule has 3 aromatic rings. The smallest absolute Gasteiger partial charge is 0.275 e. The number of benzene rings is 2. The van der Waals surface area contributed by atoms with Gasteiger partial charge < -0.3 is 5.32 Å². The molecule has 0 saturated carbocycles. The molecular formula is C17H12N4O3. The largest absolute Gasteiger partial charge is 0.321 e. The first-order chi connectivity index (χ1) is 11.6. The Kier molecular flexibility index (Phi) is 4.24. The topological polar surface area (TPSA) is 98.0 Å². The van der Waals surface area contributed by atoms with E-state index in [2.05, 4.69) is 15.3 Å². The zero-order valence-corrected chi connectivity index (χ0v) is 12.4. The normalized spacial score (nSPS) is 10.2. The highest BCUT2D eigenvalue weighted by Crippen LogP contribution is 2.26. The Morgan fingerprint density at radius 1 is 1.04 bits per heavy atom. The maximum atomic E-state index is 12.1. The quantitative estimate of drug-likeness (QED) is 0.587. The third-order valence-corrected chi connectivity index (χ3v) is 3.31. The van der Waals surface area contributed by atoms with Crippen LogP contribution in [0, 0.1) is 10.1 Å². The number of hydrogen-bond acceptors (Lipinski definition) is 5. The minimum absolute atomic E-state index is 0.0153. The number of nitrogens with one attached hydrogen (secondary N) is 1. The summed E-state index contributed by atoms with van der Waals surface area (Å²) in [6.45, 7) is 0. The van der Waals surface area contributed by atoms with Gasteiger partial charge in [0, 0.05) is 30.2 Å². The van der Waals surface area contributed by atoms with E-state index >= 15 is 0 Å². The predicted octanol–water partition coefficient (Wildman–Crippen LogP) is 3.30. The van der Waals surface area contributed by atoms with Gasteiger partial charge in [-0.2, -0.15) is 0 Å². The molecule has 0 unspecified atom stereocenters. The van der Waals surface area contributed by atoms with Crippen LogP contribution in [0.3, 0.4) is 0 Å². The summed E-state index contributed by atoms with van der Waals surface area (Å²) in [6, 6.07) is 13.4. The first-order valence-corrected chi connectivity index (χ1v) is 7.06. The van der Waals surface area contributed by atoms with E-state index in [0.29, 0.717) is 11.3 Å². The van der Waals surface area contributed by atoms with Gasteiger partial charge in [0.2, 0.25) is 0 Å². The van der Waals surface area contributed by atoms with Gasteiger partial charge in [-0.1, -0.05) is 24.3 Å². The number of nitro benzene ring substituents is 1. The molecule has 0 fully saturated rings. The van der Waals surface area contributed by atoms with E-state index in [1.54, 1.807) is 30.3 Å². The van der Waals surface area contributed by atoms with Crippen molar-refractivity contribution in [3.8, 4) is 11.1 Å². The number of nitrogens with zero attached hydrogens (tertiary/aromatic N) is 3. The summed E-state index contributed by atoms with van der Waals surface area (Å²) in [4.78, 5) is 30.3. The van der Waals surface area contributed by atoms with Crippen molar-refractivity contribution < 1.29 is 9.72 Å². The molecule has 1 N–H and O–H groups in total. The molecule has 0 radical (unpaired) electrons. The maximum absolute atomic E-state index is 12.1. The lowest BCUT2D eigenvalue weighted by Crippen LogP contribution is -2.13. The van der Waals surface area contributed by atoms with Crippen molar-refractivity contribution in [3.63, 3.8) is 0 Å². The van der Waals surface area contributed by atoms with E-state index in [9.17, 15) is 14.9 Å². The third kappa shape index (κ3) is 3.41. The second-order valence-corrected chi connectivity index (χ2v) is 4.93. The van der Waals surface area contributed by atoms with Gasteiger partial charge in [-0.05, 0) is 23.3 Å². The summed E-state index contributed by atoms with van der Waals surface area (Å²) in [5, 5.41) is 13.6. The SMILES string of the molecule is O=C(Nc1cccc(-c2cccc([N+](=O)[O-])c2)c1)c1cnccn1. The van der Waals surface area contributed by atoms with Crippen LogP contribution in [0.5, 0.6) is 0 Å². The predicted molar refractivity (Wildman–Crippen MR) is 88.5 cm³/mol. The lowest BCUT2D eigenvalue weighted by Gasteiger charge is -2.07. The van der Waals surface area contributed by atoms with Gasteiger partial charge in [0.1, 0.15) is 5.69 Å². The van der Waals surface area contributed by atoms with Crippen molar-refractivity contribution in [1.29, 1.82) is 0 Å². The minimum atomic E-state index is -0.441. The average molecular weight is 320 g/mol. The molecule has 2 aromatic carbocycles. The number of carbonyl (C=O) groups is 1. The number of amides is 1. The summed E-state index contributed by atoms with van der Waals surface area (Å²) in [5.41, 5.74) is 2.24. The van der Waals surface area contributed by atoms with Crippen molar-refractivity contribution in [3.05, 3.63) is 82.9 Å². The van der Waals surface area contributed by atoms with Crippen molar-refractivity contribution in [1.82, 2.24) is 9.97 Å². The molecule has 0 spiro atoms. The minimum Gasteiger partial charge on any atom is -0.321 e. The molecule has 0 saturated heterocycles. The van der Waals surface area contributed by atoms with Crippen LogP contribution in [0.1, 0.15) is 10.5 Å².